The van der Waals surface area contributed by atoms with Crippen LogP contribution in [0.5, 0.6) is 0 Å². The molecule has 0 saturated heterocycles. The standard InChI is InChI=1S/C29H22N2O/c1-3-19-4-5-21-14-22(7-6-20(21)13-19)23-8-10-30-27(16-23)25-15-24-9-11-32-29(24)28-26(25)12-18(2)17-31-28/h4-17H,3H2,1-2H3. The lowest BCUT2D eigenvalue weighted by Crippen LogP contribution is -1.90. The highest BCUT2D eigenvalue weighted by atomic mass is 16.3. The summed E-state index contributed by atoms with van der Waals surface area (Å²) in [5.74, 6) is 0. The molecule has 3 aromatic carbocycles. The molecule has 3 heterocycles. The van der Waals surface area contributed by atoms with E-state index >= 15 is 0 Å². The monoisotopic (exact) mass is 414 g/mol. The first kappa shape index (κ1) is 18.8. The van der Waals surface area contributed by atoms with Gasteiger partial charge in [-0.2, -0.15) is 0 Å². The fourth-order valence-corrected chi connectivity index (χ4v) is 4.48. The van der Waals surface area contributed by atoms with Crippen LogP contribution in [0.3, 0.4) is 0 Å². The lowest BCUT2D eigenvalue weighted by Gasteiger charge is -2.10. The highest BCUT2D eigenvalue weighted by Crippen LogP contribution is 2.35. The molecule has 0 unspecified atom stereocenters. The van der Waals surface area contributed by atoms with Gasteiger partial charge in [-0.15, -0.1) is 0 Å². The molecule has 3 aromatic heterocycles. The fourth-order valence-electron chi connectivity index (χ4n) is 4.48. The summed E-state index contributed by atoms with van der Waals surface area (Å²) in [4.78, 5) is 9.41. The SMILES string of the molecule is CCc1ccc2cc(-c3ccnc(-c4cc5ccoc5c5ncc(C)cc45)c3)ccc2c1. The maximum Gasteiger partial charge on any atom is 0.160 e. The topological polar surface area (TPSA) is 38.9 Å². The maximum absolute atomic E-state index is 5.73. The molecule has 0 fully saturated rings. The number of benzene rings is 3. The number of hydrogen-bond donors (Lipinski definition) is 0. The molecule has 32 heavy (non-hydrogen) atoms. The summed E-state index contributed by atoms with van der Waals surface area (Å²) >= 11 is 0. The Kier molecular flexibility index (Phi) is 4.29. The number of pyridine rings is 2. The highest BCUT2D eigenvalue weighted by molar-refractivity contribution is 6.09. The van der Waals surface area contributed by atoms with Gasteiger partial charge in [-0.05, 0) is 82.8 Å². The Morgan fingerprint density at radius 1 is 0.781 bits per heavy atom. The van der Waals surface area contributed by atoms with Crippen LogP contribution in [0.2, 0.25) is 0 Å². The van der Waals surface area contributed by atoms with Crippen LogP contribution in [0.4, 0.5) is 0 Å². The van der Waals surface area contributed by atoms with E-state index in [1.54, 1.807) is 6.26 Å². The van der Waals surface area contributed by atoms with Crippen LogP contribution < -0.4 is 0 Å². The minimum absolute atomic E-state index is 0.820. The summed E-state index contributed by atoms with van der Waals surface area (Å²) in [5, 5.41) is 4.62. The summed E-state index contributed by atoms with van der Waals surface area (Å²) in [6.45, 7) is 4.25. The van der Waals surface area contributed by atoms with E-state index in [0.717, 1.165) is 50.7 Å². The molecule has 0 N–H and O–H groups in total. The van der Waals surface area contributed by atoms with E-state index in [2.05, 4.69) is 79.5 Å². The molecule has 0 amide bonds. The maximum atomic E-state index is 5.73. The minimum Gasteiger partial charge on any atom is -0.462 e. The van der Waals surface area contributed by atoms with E-state index in [1.807, 2.05) is 18.5 Å². The number of fused-ring (bicyclic) bond motifs is 4. The Morgan fingerprint density at radius 2 is 1.62 bits per heavy atom. The van der Waals surface area contributed by atoms with Crippen LogP contribution in [0.25, 0.3) is 55.0 Å². The molecule has 0 aliphatic carbocycles. The summed E-state index contributed by atoms with van der Waals surface area (Å²) in [7, 11) is 0. The number of aryl methyl sites for hydroxylation is 2. The second kappa shape index (κ2) is 7.31. The molecular formula is C29H22N2O. The van der Waals surface area contributed by atoms with E-state index < -0.39 is 0 Å². The Bertz CT molecular complexity index is 1630. The van der Waals surface area contributed by atoms with Crippen molar-refractivity contribution < 1.29 is 4.42 Å². The predicted octanol–water partition coefficient (Wildman–Crippen LogP) is 7.73. The quantitative estimate of drug-likeness (QED) is 0.297. The van der Waals surface area contributed by atoms with E-state index in [1.165, 1.54) is 21.9 Å². The van der Waals surface area contributed by atoms with Crippen LogP contribution in [-0.4, -0.2) is 9.97 Å². The van der Waals surface area contributed by atoms with E-state index in [9.17, 15) is 0 Å². The van der Waals surface area contributed by atoms with Crippen LogP contribution in [0, 0.1) is 6.92 Å². The van der Waals surface area contributed by atoms with Crippen LogP contribution in [0.1, 0.15) is 18.1 Å². The minimum atomic E-state index is 0.820. The Balaban J connectivity index is 1.52. The molecule has 0 radical (unpaired) electrons. The number of aromatic nitrogens is 2. The van der Waals surface area contributed by atoms with Gasteiger partial charge in [0.1, 0.15) is 5.52 Å². The molecule has 0 bridgehead atoms. The molecule has 6 aromatic rings. The van der Waals surface area contributed by atoms with Gasteiger partial charge >= 0.3 is 0 Å². The summed E-state index contributed by atoms with van der Waals surface area (Å²) in [6.07, 6.45) is 6.55. The molecular weight excluding hydrogens is 392 g/mol. The molecule has 0 saturated carbocycles. The third-order valence-corrected chi connectivity index (χ3v) is 6.21. The van der Waals surface area contributed by atoms with Crippen molar-refractivity contribution in [2.24, 2.45) is 0 Å². The molecule has 0 spiro atoms. The van der Waals surface area contributed by atoms with Crippen molar-refractivity contribution >= 4 is 32.6 Å². The van der Waals surface area contributed by atoms with Gasteiger partial charge in [-0.3, -0.25) is 9.97 Å². The van der Waals surface area contributed by atoms with Crippen LogP contribution in [-0.2, 0) is 6.42 Å². The molecule has 0 aliphatic heterocycles. The molecule has 0 aliphatic rings. The Labute approximate surface area is 186 Å². The van der Waals surface area contributed by atoms with Gasteiger partial charge in [0.05, 0.1) is 12.0 Å². The largest absolute Gasteiger partial charge is 0.462 e. The van der Waals surface area contributed by atoms with Gasteiger partial charge in [0.15, 0.2) is 5.58 Å². The number of rotatable bonds is 3. The van der Waals surface area contributed by atoms with Gasteiger partial charge in [0.25, 0.3) is 0 Å². The average Bonchev–Trinajstić information content (AvgIpc) is 3.31. The molecule has 6 rings (SSSR count). The normalized spacial score (nSPS) is 11.6. The van der Waals surface area contributed by atoms with Crippen molar-refractivity contribution in [2.75, 3.05) is 0 Å². The smallest absolute Gasteiger partial charge is 0.160 e. The fraction of sp³-hybridized carbons (Fsp3) is 0.103. The molecule has 3 nitrogen and oxygen atoms in total. The lowest BCUT2D eigenvalue weighted by molar-refractivity contribution is 0.618. The van der Waals surface area contributed by atoms with Gasteiger partial charge in [-0.25, -0.2) is 0 Å². The second-order valence-electron chi connectivity index (χ2n) is 8.35. The summed E-state index contributed by atoms with van der Waals surface area (Å²) in [5.41, 5.74) is 8.51. The van der Waals surface area contributed by atoms with Crippen molar-refractivity contribution in [1.29, 1.82) is 0 Å². The molecule has 154 valence electrons. The first-order valence-electron chi connectivity index (χ1n) is 11.0. The second-order valence-corrected chi connectivity index (χ2v) is 8.35. The predicted molar refractivity (Wildman–Crippen MR) is 132 cm³/mol. The number of furan rings is 1. The zero-order chi connectivity index (χ0) is 21.7. The molecule has 3 heteroatoms. The van der Waals surface area contributed by atoms with Crippen molar-refractivity contribution in [3.05, 3.63) is 96.5 Å². The highest BCUT2D eigenvalue weighted by Gasteiger charge is 2.14. The van der Waals surface area contributed by atoms with Crippen molar-refractivity contribution in [3.63, 3.8) is 0 Å². The van der Waals surface area contributed by atoms with Gasteiger partial charge < -0.3 is 4.42 Å². The van der Waals surface area contributed by atoms with E-state index in [4.69, 9.17) is 9.40 Å². The van der Waals surface area contributed by atoms with Crippen molar-refractivity contribution in [1.82, 2.24) is 9.97 Å². The Morgan fingerprint density at radius 3 is 2.53 bits per heavy atom. The number of hydrogen-bond acceptors (Lipinski definition) is 3. The van der Waals surface area contributed by atoms with Gasteiger partial charge in [-0.1, -0.05) is 37.3 Å². The van der Waals surface area contributed by atoms with Crippen molar-refractivity contribution in [2.45, 2.75) is 20.3 Å². The third kappa shape index (κ3) is 3.05. The van der Waals surface area contributed by atoms with Crippen LogP contribution in [0.15, 0.2) is 89.8 Å². The lowest BCUT2D eigenvalue weighted by atomic mass is 9.97. The van der Waals surface area contributed by atoms with E-state index in [0.29, 0.717) is 0 Å². The van der Waals surface area contributed by atoms with Crippen LogP contribution >= 0.6 is 0 Å². The molecule has 0 atom stereocenters. The first-order chi connectivity index (χ1) is 15.7. The van der Waals surface area contributed by atoms with Crippen molar-refractivity contribution in [3.8, 4) is 22.4 Å². The van der Waals surface area contributed by atoms with Gasteiger partial charge in [0.2, 0.25) is 0 Å². The summed E-state index contributed by atoms with van der Waals surface area (Å²) < 4.78 is 5.73. The van der Waals surface area contributed by atoms with E-state index in [-0.39, 0.29) is 0 Å². The average molecular weight is 415 g/mol. The Hall–Kier alpha value is -3.98. The zero-order valence-corrected chi connectivity index (χ0v) is 18.1. The third-order valence-electron chi connectivity index (χ3n) is 6.21. The zero-order valence-electron chi connectivity index (χ0n) is 18.1. The number of nitrogens with zero attached hydrogens (tertiary/aromatic N) is 2. The first-order valence-corrected chi connectivity index (χ1v) is 11.0. The van der Waals surface area contributed by atoms with Gasteiger partial charge in [0, 0.05) is 28.7 Å². The summed E-state index contributed by atoms with van der Waals surface area (Å²) in [6, 6.07) is 23.9.